The summed E-state index contributed by atoms with van der Waals surface area (Å²) in [5, 5.41) is 2.75. The topological polar surface area (TPSA) is 72.5 Å². The van der Waals surface area contributed by atoms with E-state index in [9.17, 15) is 14.4 Å². The second-order valence-electron chi connectivity index (χ2n) is 5.63. The van der Waals surface area contributed by atoms with Crippen LogP contribution in [0.1, 0.15) is 36.5 Å². The van der Waals surface area contributed by atoms with Crippen LogP contribution in [0.25, 0.3) is 0 Å². The van der Waals surface area contributed by atoms with Crippen molar-refractivity contribution in [2.24, 2.45) is 0 Å². The zero-order chi connectivity index (χ0) is 18.1. The number of esters is 1. The molecule has 130 valence electrons. The Morgan fingerprint density at radius 1 is 0.920 bits per heavy atom. The number of ketones is 1. The Morgan fingerprint density at radius 2 is 1.52 bits per heavy atom. The van der Waals surface area contributed by atoms with E-state index < -0.39 is 12.1 Å². The molecule has 0 saturated carbocycles. The van der Waals surface area contributed by atoms with Crippen LogP contribution >= 0.6 is 0 Å². The molecular weight excluding hydrogens is 318 g/mol. The number of carbonyl (C=O) groups excluding carboxylic acids is 3. The van der Waals surface area contributed by atoms with Gasteiger partial charge in [0.25, 0.3) is 0 Å². The third-order valence-corrected chi connectivity index (χ3v) is 3.58. The highest BCUT2D eigenvalue weighted by Gasteiger charge is 2.19. The maximum absolute atomic E-state index is 12.1. The summed E-state index contributed by atoms with van der Waals surface area (Å²) in [7, 11) is 0. The van der Waals surface area contributed by atoms with Gasteiger partial charge in [0, 0.05) is 24.1 Å². The highest BCUT2D eigenvalue weighted by molar-refractivity contribution is 6.00. The molecule has 0 aliphatic heterocycles. The highest BCUT2D eigenvalue weighted by Crippen LogP contribution is 2.10. The molecule has 0 aromatic heterocycles. The summed E-state index contributed by atoms with van der Waals surface area (Å²) in [6.45, 7) is 1.55. The van der Waals surface area contributed by atoms with E-state index >= 15 is 0 Å². The number of Topliss-reactive ketones (excluding diaryl/α,β-unsaturated/α-hetero) is 1. The first kappa shape index (κ1) is 18.4. The lowest BCUT2D eigenvalue weighted by molar-refractivity contribution is -0.146. The molecule has 0 radical (unpaired) electrons. The summed E-state index contributed by atoms with van der Waals surface area (Å²) in [5.74, 6) is -0.882. The maximum Gasteiger partial charge on any atom is 0.306 e. The lowest BCUT2D eigenvalue weighted by Gasteiger charge is -2.12. The van der Waals surface area contributed by atoms with Gasteiger partial charge in [-0.05, 0) is 25.5 Å². The first-order valence-electron chi connectivity index (χ1n) is 8.20. The van der Waals surface area contributed by atoms with Crippen molar-refractivity contribution < 1.29 is 19.1 Å². The maximum atomic E-state index is 12.1. The zero-order valence-corrected chi connectivity index (χ0v) is 14.1. The van der Waals surface area contributed by atoms with Crippen molar-refractivity contribution in [1.82, 2.24) is 0 Å². The number of para-hydroxylation sites is 1. The fourth-order valence-corrected chi connectivity index (χ4v) is 2.28. The first-order valence-corrected chi connectivity index (χ1v) is 8.20. The van der Waals surface area contributed by atoms with Gasteiger partial charge in [0.15, 0.2) is 6.10 Å². The Kier molecular flexibility index (Phi) is 6.89. The third kappa shape index (κ3) is 6.22. The fourth-order valence-electron chi connectivity index (χ4n) is 2.28. The van der Waals surface area contributed by atoms with Gasteiger partial charge in [-0.2, -0.15) is 0 Å². The molecule has 2 rings (SSSR count). The number of benzene rings is 2. The van der Waals surface area contributed by atoms with Gasteiger partial charge in [0.05, 0.1) is 0 Å². The molecule has 0 fully saturated rings. The van der Waals surface area contributed by atoms with Crippen LogP contribution in [0.4, 0.5) is 5.69 Å². The quantitative estimate of drug-likeness (QED) is 0.589. The third-order valence-electron chi connectivity index (χ3n) is 3.58. The summed E-state index contributed by atoms with van der Waals surface area (Å²) in [4.78, 5) is 35.7. The number of ether oxygens (including phenoxy) is 1. The summed E-state index contributed by atoms with van der Waals surface area (Å²) in [5.41, 5.74) is 1.22. The van der Waals surface area contributed by atoms with Crippen LogP contribution in [0.15, 0.2) is 60.7 Å². The van der Waals surface area contributed by atoms with Crippen LogP contribution in [0.3, 0.4) is 0 Å². The second kappa shape index (κ2) is 9.37. The minimum atomic E-state index is -0.840. The predicted molar refractivity (Wildman–Crippen MR) is 95.2 cm³/mol. The molecule has 0 saturated heterocycles. The smallest absolute Gasteiger partial charge is 0.306 e. The van der Waals surface area contributed by atoms with Gasteiger partial charge in [-0.1, -0.05) is 48.5 Å². The summed E-state index contributed by atoms with van der Waals surface area (Å²) in [6, 6.07) is 17.8. The van der Waals surface area contributed by atoms with Crippen molar-refractivity contribution in [3.8, 4) is 0 Å². The zero-order valence-electron chi connectivity index (χ0n) is 14.1. The average Bonchev–Trinajstić information content (AvgIpc) is 2.62. The molecule has 5 nitrogen and oxygen atoms in total. The Bertz CT molecular complexity index is 713. The molecule has 0 aliphatic carbocycles. The van der Waals surface area contributed by atoms with E-state index in [1.54, 1.807) is 43.3 Å². The molecule has 0 aliphatic rings. The molecule has 25 heavy (non-hydrogen) atoms. The van der Waals surface area contributed by atoms with Crippen molar-refractivity contribution in [2.45, 2.75) is 32.3 Å². The van der Waals surface area contributed by atoms with Gasteiger partial charge in [-0.3, -0.25) is 14.4 Å². The number of hydrogen-bond donors (Lipinski definition) is 1. The number of rotatable bonds is 8. The number of anilines is 1. The van der Waals surface area contributed by atoms with Gasteiger partial charge in [0.1, 0.15) is 0 Å². The molecule has 0 spiro atoms. The number of carbonyl (C=O) groups is 3. The van der Waals surface area contributed by atoms with E-state index in [2.05, 4.69) is 5.32 Å². The largest absolute Gasteiger partial charge is 0.454 e. The predicted octanol–water partition coefficient (Wildman–Crippen LogP) is 3.61. The summed E-state index contributed by atoms with van der Waals surface area (Å²) in [6.07, 6.45) is -0.170. The van der Waals surface area contributed by atoms with E-state index in [1.165, 1.54) is 0 Å². The highest BCUT2D eigenvalue weighted by atomic mass is 16.5. The Morgan fingerprint density at radius 3 is 2.16 bits per heavy atom. The molecule has 2 aromatic rings. The number of hydrogen-bond acceptors (Lipinski definition) is 4. The Labute approximate surface area is 147 Å². The van der Waals surface area contributed by atoms with Crippen LogP contribution in [0.2, 0.25) is 0 Å². The lowest BCUT2D eigenvalue weighted by atomic mass is 10.1. The minimum Gasteiger partial charge on any atom is -0.454 e. The van der Waals surface area contributed by atoms with Crippen LogP contribution in [0.5, 0.6) is 0 Å². The van der Waals surface area contributed by atoms with Crippen LogP contribution < -0.4 is 5.32 Å². The number of amides is 1. The Hall–Kier alpha value is -2.95. The summed E-state index contributed by atoms with van der Waals surface area (Å²) >= 11 is 0. The van der Waals surface area contributed by atoms with Gasteiger partial charge >= 0.3 is 5.97 Å². The van der Waals surface area contributed by atoms with E-state index in [-0.39, 0.29) is 24.5 Å². The van der Waals surface area contributed by atoms with Gasteiger partial charge < -0.3 is 10.1 Å². The summed E-state index contributed by atoms with van der Waals surface area (Å²) < 4.78 is 5.15. The van der Waals surface area contributed by atoms with Crippen LogP contribution in [-0.2, 0) is 14.3 Å². The van der Waals surface area contributed by atoms with E-state index in [0.29, 0.717) is 12.0 Å². The van der Waals surface area contributed by atoms with Gasteiger partial charge in [0.2, 0.25) is 11.7 Å². The SMILES string of the molecule is C[C@@H](OC(=O)CCCC(=O)Nc1ccccc1)C(=O)c1ccccc1. The van der Waals surface area contributed by atoms with E-state index in [1.807, 2.05) is 24.3 Å². The van der Waals surface area contributed by atoms with Crippen molar-refractivity contribution >= 4 is 23.3 Å². The molecular formula is C20H21NO4. The fraction of sp³-hybridized carbons (Fsp3) is 0.250. The normalized spacial score (nSPS) is 11.4. The average molecular weight is 339 g/mol. The Balaban J connectivity index is 1.70. The molecule has 5 heteroatoms. The van der Waals surface area contributed by atoms with E-state index in [4.69, 9.17) is 4.74 Å². The molecule has 1 amide bonds. The molecule has 0 heterocycles. The van der Waals surface area contributed by atoms with Crippen molar-refractivity contribution in [1.29, 1.82) is 0 Å². The van der Waals surface area contributed by atoms with Crippen molar-refractivity contribution in [2.75, 3.05) is 5.32 Å². The van der Waals surface area contributed by atoms with Crippen LogP contribution in [0, 0.1) is 0 Å². The number of nitrogens with one attached hydrogen (secondary N) is 1. The molecule has 1 N–H and O–H groups in total. The van der Waals surface area contributed by atoms with Gasteiger partial charge in [-0.15, -0.1) is 0 Å². The van der Waals surface area contributed by atoms with Gasteiger partial charge in [-0.25, -0.2) is 0 Å². The molecule has 1 atom stereocenters. The lowest BCUT2D eigenvalue weighted by Crippen LogP contribution is -2.24. The standard InChI is InChI=1S/C20H21NO4/c1-15(20(24)16-9-4-2-5-10-16)25-19(23)14-8-13-18(22)21-17-11-6-3-7-12-17/h2-7,9-12,15H,8,13-14H2,1H3,(H,21,22)/t15-/m1/s1. The molecule has 2 aromatic carbocycles. The molecule has 0 bridgehead atoms. The van der Waals surface area contributed by atoms with Crippen LogP contribution in [-0.4, -0.2) is 23.8 Å². The first-order chi connectivity index (χ1) is 12.1. The second-order valence-corrected chi connectivity index (χ2v) is 5.63. The van der Waals surface area contributed by atoms with Crippen molar-refractivity contribution in [3.63, 3.8) is 0 Å². The molecule has 0 unspecified atom stereocenters. The van der Waals surface area contributed by atoms with Crippen molar-refractivity contribution in [3.05, 3.63) is 66.2 Å². The van der Waals surface area contributed by atoms with E-state index in [0.717, 1.165) is 5.69 Å². The minimum absolute atomic E-state index is 0.0919. The monoisotopic (exact) mass is 339 g/mol.